The van der Waals surface area contributed by atoms with E-state index in [1.54, 1.807) is 0 Å². The van der Waals surface area contributed by atoms with E-state index in [1.165, 1.54) is 24.8 Å². The van der Waals surface area contributed by atoms with Gasteiger partial charge < -0.3 is 14.4 Å². The molecule has 0 spiro atoms. The third kappa shape index (κ3) is 4.24. The van der Waals surface area contributed by atoms with Crippen LogP contribution in [0.15, 0.2) is 18.2 Å². The van der Waals surface area contributed by atoms with Crippen molar-refractivity contribution in [1.82, 2.24) is 14.7 Å². The van der Waals surface area contributed by atoms with E-state index in [1.807, 2.05) is 6.07 Å². The van der Waals surface area contributed by atoms with Crippen molar-refractivity contribution in [3.05, 3.63) is 23.8 Å². The monoisotopic (exact) mass is 399 g/mol. The molecule has 4 aliphatic rings. The van der Waals surface area contributed by atoms with E-state index in [9.17, 15) is 4.79 Å². The smallest absolute Gasteiger partial charge is 0.231 e. The minimum Gasteiger partial charge on any atom is -0.454 e. The molecule has 1 unspecified atom stereocenters. The number of hydrogen-bond donors (Lipinski definition) is 0. The zero-order valence-electron chi connectivity index (χ0n) is 17.4. The molecule has 1 aromatic rings. The number of piperidine rings is 1. The van der Waals surface area contributed by atoms with Gasteiger partial charge in [-0.1, -0.05) is 18.9 Å². The molecular formula is C23H33N3O3. The van der Waals surface area contributed by atoms with E-state index in [0.717, 1.165) is 76.6 Å². The predicted octanol–water partition coefficient (Wildman–Crippen LogP) is 2.71. The van der Waals surface area contributed by atoms with Crippen molar-refractivity contribution in [2.75, 3.05) is 46.1 Å². The summed E-state index contributed by atoms with van der Waals surface area (Å²) in [5.74, 6) is 2.48. The molecule has 29 heavy (non-hydrogen) atoms. The maximum Gasteiger partial charge on any atom is 0.231 e. The molecule has 3 aliphatic heterocycles. The summed E-state index contributed by atoms with van der Waals surface area (Å²) >= 11 is 0. The fourth-order valence-corrected chi connectivity index (χ4v) is 5.47. The lowest BCUT2D eigenvalue weighted by Gasteiger charge is -2.43. The van der Waals surface area contributed by atoms with Gasteiger partial charge in [-0.3, -0.25) is 14.6 Å². The third-order valence-corrected chi connectivity index (χ3v) is 7.18. The Balaban J connectivity index is 1.12. The topological polar surface area (TPSA) is 45.3 Å². The number of carbonyl (C=O) groups is 1. The van der Waals surface area contributed by atoms with Crippen LogP contribution < -0.4 is 9.47 Å². The summed E-state index contributed by atoms with van der Waals surface area (Å²) in [6, 6.07) is 6.82. The highest BCUT2D eigenvalue weighted by molar-refractivity contribution is 5.79. The van der Waals surface area contributed by atoms with Gasteiger partial charge in [0.2, 0.25) is 12.7 Å². The molecule has 1 amide bonds. The van der Waals surface area contributed by atoms with Gasteiger partial charge in [0.25, 0.3) is 0 Å². The molecule has 1 saturated carbocycles. The van der Waals surface area contributed by atoms with Gasteiger partial charge in [-0.25, -0.2) is 0 Å². The molecule has 3 heterocycles. The molecule has 2 saturated heterocycles. The summed E-state index contributed by atoms with van der Waals surface area (Å²) in [4.78, 5) is 20.2. The maximum absolute atomic E-state index is 12.8. The Hall–Kier alpha value is -1.79. The van der Waals surface area contributed by atoms with Gasteiger partial charge >= 0.3 is 0 Å². The highest BCUT2D eigenvalue weighted by Crippen LogP contribution is 2.33. The lowest BCUT2D eigenvalue weighted by atomic mass is 9.99. The van der Waals surface area contributed by atoms with Gasteiger partial charge in [0.15, 0.2) is 11.5 Å². The Morgan fingerprint density at radius 3 is 2.55 bits per heavy atom. The molecule has 0 radical (unpaired) electrons. The average molecular weight is 400 g/mol. The summed E-state index contributed by atoms with van der Waals surface area (Å²) in [5.41, 5.74) is 1.29. The van der Waals surface area contributed by atoms with E-state index >= 15 is 0 Å². The Kier molecular flexibility index (Phi) is 5.64. The fraction of sp³-hybridized carbons (Fsp3) is 0.696. The van der Waals surface area contributed by atoms with Crippen LogP contribution in [0.2, 0.25) is 0 Å². The second-order valence-electron chi connectivity index (χ2n) is 9.06. The number of fused-ring (bicyclic) bond motifs is 1. The zero-order valence-corrected chi connectivity index (χ0v) is 17.4. The van der Waals surface area contributed by atoms with Crippen LogP contribution in [0.3, 0.4) is 0 Å². The molecule has 6 heteroatoms. The Morgan fingerprint density at radius 2 is 1.72 bits per heavy atom. The van der Waals surface area contributed by atoms with Crippen LogP contribution in [0, 0.1) is 5.92 Å². The molecule has 158 valence electrons. The van der Waals surface area contributed by atoms with Crippen molar-refractivity contribution in [1.29, 1.82) is 0 Å². The fourth-order valence-electron chi connectivity index (χ4n) is 5.47. The molecule has 0 aromatic heterocycles. The second-order valence-corrected chi connectivity index (χ2v) is 9.06. The zero-order chi connectivity index (χ0) is 19.6. The van der Waals surface area contributed by atoms with Crippen molar-refractivity contribution in [2.45, 2.75) is 51.1 Å². The standard InChI is InChI=1S/C23H33N3O3/c27-23(19-4-1-2-5-19)26-9-3-6-20(16-26)25-12-10-24(11-13-25)15-18-7-8-21-22(14-18)29-17-28-21/h7-8,14,19-20H,1-6,9-13,15-17H2. The van der Waals surface area contributed by atoms with Crippen LogP contribution in [0.5, 0.6) is 11.5 Å². The molecule has 3 fully saturated rings. The van der Waals surface area contributed by atoms with E-state index in [2.05, 4.69) is 26.8 Å². The number of piperazine rings is 1. The molecular weight excluding hydrogens is 366 g/mol. The van der Waals surface area contributed by atoms with Gasteiger partial charge in [-0.05, 0) is 43.4 Å². The third-order valence-electron chi connectivity index (χ3n) is 7.18. The Bertz CT molecular complexity index is 726. The first-order chi connectivity index (χ1) is 14.3. The van der Waals surface area contributed by atoms with Gasteiger partial charge in [0.05, 0.1) is 0 Å². The summed E-state index contributed by atoms with van der Waals surface area (Å²) in [6.45, 7) is 7.57. The van der Waals surface area contributed by atoms with Crippen LogP contribution >= 0.6 is 0 Å². The quantitative estimate of drug-likeness (QED) is 0.779. The lowest BCUT2D eigenvalue weighted by molar-refractivity contribution is -0.137. The first-order valence-electron chi connectivity index (χ1n) is 11.4. The summed E-state index contributed by atoms with van der Waals surface area (Å²) < 4.78 is 10.9. The molecule has 6 nitrogen and oxygen atoms in total. The van der Waals surface area contributed by atoms with Gasteiger partial charge in [-0.15, -0.1) is 0 Å². The van der Waals surface area contributed by atoms with E-state index in [-0.39, 0.29) is 0 Å². The SMILES string of the molecule is O=C(C1CCCC1)N1CCCC(N2CCN(Cc3ccc4c(c3)OCO4)CC2)C1. The van der Waals surface area contributed by atoms with Gasteiger partial charge in [-0.2, -0.15) is 0 Å². The van der Waals surface area contributed by atoms with Crippen LogP contribution in [0.1, 0.15) is 44.1 Å². The van der Waals surface area contributed by atoms with Crippen molar-refractivity contribution >= 4 is 5.91 Å². The normalized spacial score (nSPS) is 26.2. The Labute approximate surface area is 173 Å². The van der Waals surface area contributed by atoms with Crippen LogP contribution in [-0.2, 0) is 11.3 Å². The molecule has 0 N–H and O–H groups in total. The number of likely N-dealkylation sites (tertiary alicyclic amines) is 1. The summed E-state index contributed by atoms with van der Waals surface area (Å²) in [6.07, 6.45) is 7.08. The number of hydrogen-bond acceptors (Lipinski definition) is 5. The van der Waals surface area contributed by atoms with Crippen LogP contribution in [0.25, 0.3) is 0 Å². The lowest BCUT2D eigenvalue weighted by Crippen LogP contribution is -2.56. The highest BCUT2D eigenvalue weighted by Gasteiger charge is 2.33. The number of nitrogens with zero attached hydrogens (tertiary/aromatic N) is 3. The van der Waals surface area contributed by atoms with Gasteiger partial charge in [0.1, 0.15) is 0 Å². The Morgan fingerprint density at radius 1 is 0.931 bits per heavy atom. The molecule has 1 aromatic carbocycles. The van der Waals surface area contributed by atoms with E-state index < -0.39 is 0 Å². The van der Waals surface area contributed by atoms with E-state index in [4.69, 9.17) is 9.47 Å². The molecule has 1 atom stereocenters. The van der Waals surface area contributed by atoms with Crippen LogP contribution in [-0.4, -0.2) is 72.7 Å². The number of rotatable bonds is 4. The first kappa shape index (κ1) is 19.2. The van der Waals surface area contributed by atoms with E-state index in [0.29, 0.717) is 24.7 Å². The second kappa shape index (κ2) is 8.52. The maximum atomic E-state index is 12.8. The summed E-state index contributed by atoms with van der Waals surface area (Å²) in [7, 11) is 0. The number of carbonyl (C=O) groups excluding carboxylic acids is 1. The molecule has 5 rings (SSSR count). The largest absolute Gasteiger partial charge is 0.454 e. The molecule has 0 bridgehead atoms. The van der Waals surface area contributed by atoms with Crippen molar-refractivity contribution in [2.24, 2.45) is 5.92 Å². The van der Waals surface area contributed by atoms with Crippen LogP contribution in [0.4, 0.5) is 0 Å². The minimum absolute atomic E-state index is 0.312. The number of amides is 1. The van der Waals surface area contributed by atoms with Crippen molar-refractivity contribution in [3.8, 4) is 11.5 Å². The van der Waals surface area contributed by atoms with Gasteiger partial charge in [0, 0.05) is 57.8 Å². The highest BCUT2D eigenvalue weighted by atomic mass is 16.7. The minimum atomic E-state index is 0.312. The first-order valence-corrected chi connectivity index (χ1v) is 11.4. The number of benzene rings is 1. The summed E-state index contributed by atoms with van der Waals surface area (Å²) in [5, 5.41) is 0. The number of ether oxygens (including phenoxy) is 2. The average Bonchev–Trinajstić information content (AvgIpc) is 3.46. The van der Waals surface area contributed by atoms with Crippen molar-refractivity contribution in [3.63, 3.8) is 0 Å². The van der Waals surface area contributed by atoms with Crippen molar-refractivity contribution < 1.29 is 14.3 Å². The predicted molar refractivity (Wildman–Crippen MR) is 111 cm³/mol. The molecule has 1 aliphatic carbocycles.